The van der Waals surface area contributed by atoms with Gasteiger partial charge in [-0.3, -0.25) is 9.59 Å². The van der Waals surface area contributed by atoms with Gasteiger partial charge in [-0.2, -0.15) is 0 Å². The molecular formula is C22H20ClN3O4. The molecule has 7 nitrogen and oxygen atoms in total. The van der Waals surface area contributed by atoms with E-state index in [1.807, 2.05) is 24.3 Å². The fourth-order valence-electron chi connectivity index (χ4n) is 3.35. The number of hydrogen-bond donors (Lipinski definition) is 2. The number of ether oxygens (including phenoxy) is 1. The molecule has 0 saturated carbocycles. The molecule has 30 heavy (non-hydrogen) atoms. The lowest BCUT2D eigenvalue weighted by Gasteiger charge is -2.17. The molecule has 154 valence electrons. The summed E-state index contributed by atoms with van der Waals surface area (Å²) in [4.78, 5) is 24.2. The van der Waals surface area contributed by atoms with Crippen LogP contribution in [0.3, 0.4) is 0 Å². The summed E-state index contributed by atoms with van der Waals surface area (Å²) in [7, 11) is 0. The van der Waals surface area contributed by atoms with Crippen LogP contribution in [-0.2, 0) is 11.2 Å². The van der Waals surface area contributed by atoms with Gasteiger partial charge in [0.2, 0.25) is 5.91 Å². The fourth-order valence-corrected chi connectivity index (χ4v) is 3.57. The average molecular weight is 426 g/mol. The maximum Gasteiger partial charge on any atom is 0.257 e. The summed E-state index contributed by atoms with van der Waals surface area (Å²) in [5.74, 6) is 0.830. The summed E-state index contributed by atoms with van der Waals surface area (Å²) in [6, 6.07) is 12.7. The van der Waals surface area contributed by atoms with Crippen molar-refractivity contribution in [3.8, 4) is 17.0 Å². The lowest BCUT2D eigenvalue weighted by Crippen LogP contribution is -2.28. The number of aromatic nitrogens is 1. The molecule has 0 radical (unpaired) electrons. The lowest BCUT2D eigenvalue weighted by molar-refractivity contribution is -0.116. The smallest absolute Gasteiger partial charge is 0.257 e. The van der Waals surface area contributed by atoms with Gasteiger partial charge >= 0.3 is 0 Å². The first-order chi connectivity index (χ1) is 14.5. The molecule has 0 saturated heterocycles. The van der Waals surface area contributed by atoms with Crippen LogP contribution in [0.1, 0.15) is 28.1 Å². The first kappa shape index (κ1) is 20.0. The fraction of sp³-hybridized carbons (Fsp3) is 0.227. The van der Waals surface area contributed by atoms with Crippen molar-refractivity contribution in [1.82, 2.24) is 10.5 Å². The number of nitrogens with zero attached hydrogens (tertiary/aromatic N) is 1. The highest BCUT2D eigenvalue weighted by molar-refractivity contribution is 6.33. The van der Waals surface area contributed by atoms with E-state index in [1.165, 1.54) is 0 Å². The van der Waals surface area contributed by atoms with E-state index in [9.17, 15) is 9.59 Å². The molecule has 0 bridgehead atoms. The first-order valence-electron chi connectivity index (χ1n) is 9.58. The van der Waals surface area contributed by atoms with Gasteiger partial charge < -0.3 is 19.9 Å². The largest absolute Gasteiger partial charge is 0.492 e. The predicted octanol–water partition coefficient (Wildman–Crippen LogP) is 4.00. The van der Waals surface area contributed by atoms with Crippen LogP contribution < -0.4 is 15.4 Å². The summed E-state index contributed by atoms with van der Waals surface area (Å²) in [6.07, 6.45) is 1.16. The molecule has 2 aromatic carbocycles. The Hall–Kier alpha value is -3.32. The molecule has 4 rings (SSSR count). The van der Waals surface area contributed by atoms with Crippen LogP contribution in [0, 0.1) is 6.92 Å². The van der Waals surface area contributed by atoms with Crippen LogP contribution in [-0.4, -0.2) is 30.1 Å². The Morgan fingerprint density at radius 2 is 2.10 bits per heavy atom. The topological polar surface area (TPSA) is 93.5 Å². The van der Waals surface area contributed by atoms with Crippen molar-refractivity contribution in [3.05, 3.63) is 64.4 Å². The number of nitrogens with one attached hydrogen (secondary N) is 2. The summed E-state index contributed by atoms with van der Waals surface area (Å²) >= 11 is 6.24. The Morgan fingerprint density at radius 1 is 1.27 bits per heavy atom. The molecule has 0 spiro atoms. The van der Waals surface area contributed by atoms with Gasteiger partial charge in [0, 0.05) is 17.7 Å². The Balaban J connectivity index is 1.37. The highest BCUT2D eigenvalue weighted by Gasteiger charge is 2.22. The van der Waals surface area contributed by atoms with Crippen LogP contribution in [0.15, 0.2) is 47.0 Å². The Bertz CT molecular complexity index is 1110. The van der Waals surface area contributed by atoms with E-state index in [4.69, 9.17) is 20.9 Å². The van der Waals surface area contributed by atoms with Gasteiger partial charge in [-0.1, -0.05) is 35.0 Å². The van der Waals surface area contributed by atoms with Crippen molar-refractivity contribution in [3.63, 3.8) is 0 Å². The SMILES string of the molecule is Cc1onc(-c2ccccc2Cl)c1C(=O)NCCOc1ccc2c(c1)CCC(=O)N2. The van der Waals surface area contributed by atoms with Crippen molar-refractivity contribution in [2.75, 3.05) is 18.5 Å². The number of carbonyl (C=O) groups is 2. The standard InChI is InChI=1S/C22H20ClN3O4/c1-13-20(21(26-30-13)16-4-2-3-5-17(16)23)22(28)24-10-11-29-15-7-8-18-14(12-15)6-9-19(27)25-18/h2-5,7-8,12H,6,9-11H2,1H3,(H,24,28)(H,25,27). The maximum atomic E-state index is 12.7. The molecule has 0 atom stereocenters. The van der Waals surface area contributed by atoms with E-state index < -0.39 is 0 Å². The van der Waals surface area contributed by atoms with Crippen molar-refractivity contribution < 1.29 is 18.8 Å². The van der Waals surface area contributed by atoms with Crippen molar-refractivity contribution in [1.29, 1.82) is 0 Å². The highest BCUT2D eigenvalue weighted by atomic mass is 35.5. The van der Waals surface area contributed by atoms with Gasteiger partial charge in [-0.05, 0) is 43.2 Å². The molecular weight excluding hydrogens is 406 g/mol. The molecule has 3 aromatic rings. The third-order valence-electron chi connectivity index (χ3n) is 4.85. The van der Waals surface area contributed by atoms with Gasteiger partial charge in [-0.15, -0.1) is 0 Å². The molecule has 0 unspecified atom stereocenters. The molecule has 0 aliphatic carbocycles. The number of carbonyl (C=O) groups excluding carboxylic acids is 2. The van der Waals surface area contributed by atoms with Gasteiger partial charge in [-0.25, -0.2) is 0 Å². The van der Waals surface area contributed by atoms with E-state index in [0.717, 1.165) is 11.3 Å². The minimum absolute atomic E-state index is 0.0269. The van der Waals surface area contributed by atoms with E-state index in [1.54, 1.807) is 25.1 Å². The number of benzene rings is 2. The van der Waals surface area contributed by atoms with Gasteiger partial charge in [0.15, 0.2) is 0 Å². The average Bonchev–Trinajstić information content (AvgIpc) is 3.12. The summed E-state index contributed by atoms with van der Waals surface area (Å²) in [5.41, 5.74) is 3.27. The maximum absolute atomic E-state index is 12.7. The van der Waals surface area contributed by atoms with Crippen LogP contribution in [0.4, 0.5) is 5.69 Å². The van der Waals surface area contributed by atoms with E-state index >= 15 is 0 Å². The predicted molar refractivity (Wildman–Crippen MR) is 113 cm³/mol. The Morgan fingerprint density at radius 3 is 2.93 bits per heavy atom. The quantitative estimate of drug-likeness (QED) is 0.582. The number of rotatable bonds is 6. The van der Waals surface area contributed by atoms with Crippen LogP contribution in [0.2, 0.25) is 5.02 Å². The van der Waals surface area contributed by atoms with Gasteiger partial charge in [0.25, 0.3) is 5.91 Å². The zero-order valence-electron chi connectivity index (χ0n) is 16.3. The van der Waals surface area contributed by atoms with Crippen LogP contribution in [0.5, 0.6) is 5.75 Å². The molecule has 1 aliphatic heterocycles. The number of hydrogen-bond acceptors (Lipinski definition) is 5. The molecule has 2 N–H and O–H groups in total. The second-order valence-corrected chi connectivity index (χ2v) is 7.32. The number of halogens is 1. The number of anilines is 1. The minimum Gasteiger partial charge on any atom is -0.492 e. The summed E-state index contributed by atoms with van der Waals surface area (Å²) < 4.78 is 11.0. The van der Waals surface area contributed by atoms with E-state index in [2.05, 4.69) is 15.8 Å². The number of aryl methyl sites for hydroxylation is 2. The molecule has 2 amide bonds. The zero-order valence-corrected chi connectivity index (χ0v) is 17.1. The molecule has 2 heterocycles. The van der Waals surface area contributed by atoms with Gasteiger partial charge in [0.1, 0.15) is 29.4 Å². The van der Waals surface area contributed by atoms with Crippen LogP contribution in [0.25, 0.3) is 11.3 Å². The second-order valence-electron chi connectivity index (χ2n) is 6.91. The molecule has 1 aliphatic rings. The third kappa shape index (κ3) is 4.16. The molecule has 1 aromatic heterocycles. The summed E-state index contributed by atoms with van der Waals surface area (Å²) in [5, 5.41) is 10.2. The van der Waals surface area contributed by atoms with Crippen molar-refractivity contribution in [2.24, 2.45) is 0 Å². The molecule has 8 heteroatoms. The van der Waals surface area contributed by atoms with Gasteiger partial charge in [0.05, 0.1) is 11.6 Å². The van der Waals surface area contributed by atoms with Crippen LogP contribution >= 0.6 is 11.6 Å². The molecule has 0 fully saturated rings. The monoisotopic (exact) mass is 425 g/mol. The minimum atomic E-state index is -0.305. The third-order valence-corrected chi connectivity index (χ3v) is 5.18. The van der Waals surface area contributed by atoms with Crippen molar-refractivity contribution in [2.45, 2.75) is 19.8 Å². The van der Waals surface area contributed by atoms with E-state index in [-0.39, 0.29) is 11.8 Å². The Kier molecular flexibility index (Phi) is 5.72. The Labute approximate surface area is 178 Å². The normalized spacial score (nSPS) is 12.8. The van der Waals surface area contributed by atoms with Crippen molar-refractivity contribution >= 4 is 29.1 Å². The second kappa shape index (κ2) is 8.59. The van der Waals surface area contributed by atoms with E-state index in [0.29, 0.717) is 59.3 Å². The first-order valence-corrected chi connectivity index (χ1v) is 9.95. The summed E-state index contributed by atoms with van der Waals surface area (Å²) in [6.45, 7) is 2.28. The number of amides is 2. The highest BCUT2D eigenvalue weighted by Crippen LogP contribution is 2.31. The number of fused-ring (bicyclic) bond motifs is 1. The lowest BCUT2D eigenvalue weighted by atomic mass is 10.0. The zero-order chi connectivity index (χ0) is 21.1.